The molecule has 0 aliphatic rings. The molecule has 1 nitrogen and oxygen atoms in total. The van der Waals surface area contributed by atoms with Crippen LogP contribution in [0.2, 0.25) is 10.0 Å². The van der Waals surface area contributed by atoms with Crippen molar-refractivity contribution in [2.75, 3.05) is 0 Å². The van der Waals surface area contributed by atoms with Gasteiger partial charge in [0.05, 0.1) is 11.1 Å². The van der Waals surface area contributed by atoms with E-state index in [4.69, 9.17) is 27.9 Å². The third-order valence-electron chi connectivity index (χ3n) is 1.80. The van der Waals surface area contributed by atoms with E-state index >= 15 is 0 Å². The van der Waals surface area contributed by atoms with Gasteiger partial charge in [-0.15, -0.1) is 0 Å². The molecule has 0 saturated carbocycles. The molecule has 0 aromatic heterocycles. The van der Waals surface area contributed by atoms with Crippen LogP contribution in [0.5, 0.6) is 5.75 Å². The largest absolute Gasteiger partial charge is 0.489 e. The van der Waals surface area contributed by atoms with E-state index in [0.717, 1.165) is 6.42 Å². The van der Waals surface area contributed by atoms with Crippen LogP contribution in [0.4, 0.5) is 0 Å². The number of halogens is 2. The molecule has 72 valence electrons. The fraction of sp³-hybridized carbons (Fsp3) is 0.400. The van der Waals surface area contributed by atoms with E-state index in [9.17, 15) is 0 Å². The van der Waals surface area contributed by atoms with Crippen LogP contribution >= 0.6 is 23.2 Å². The van der Waals surface area contributed by atoms with Crippen molar-refractivity contribution in [1.29, 1.82) is 0 Å². The molecule has 1 atom stereocenters. The van der Waals surface area contributed by atoms with Crippen LogP contribution in [-0.2, 0) is 0 Å². The molecule has 1 unspecified atom stereocenters. The van der Waals surface area contributed by atoms with E-state index in [2.05, 4.69) is 6.92 Å². The molecule has 0 spiro atoms. The first-order chi connectivity index (χ1) is 6.13. The molecule has 1 rings (SSSR count). The molecule has 0 radical (unpaired) electrons. The van der Waals surface area contributed by atoms with Crippen molar-refractivity contribution in [3.8, 4) is 5.75 Å². The predicted octanol–water partition coefficient (Wildman–Crippen LogP) is 4.17. The van der Waals surface area contributed by atoms with E-state index in [1.807, 2.05) is 6.92 Å². The normalized spacial score (nSPS) is 12.6. The maximum absolute atomic E-state index is 5.91. The minimum atomic E-state index is 0.163. The number of rotatable bonds is 3. The molecular formula is C10H12Cl2O. The molecule has 0 fully saturated rings. The molecule has 1 aromatic carbocycles. The number of ether oxygens (including phenoxy) is 1. The Morgan fingerprint density at radius 2 is 2.08 bits per heavy atom. The Balaban J connectivity index is 2.81. The van der Waals surface area contributed by atoms with Gasteiger partial charge < -0.3 is 4.74 Å². The molecule has 0 bridgehead atoms. The summed E-state index contributed by atoms with van der Waals surface area (Å²) >= 11 is 11.7. The van der Waals surface area contributed by atoms with Gasteiger partial charge in [0, 0.05) is 11.1 Å². The van der Waals surface area contributed by atoms with Gasteiger partial charge in [0.2, 0.25) is 0 Å². The average Bonchev–Trinajstić information content (AvgIpc) is 2.11. The van der Waals surface area contributed by atoms with E-state index in [1.165, 1.54) is 0 Å². The summed E-state index contributed by atoms with van der Waals surface area (Å²) in [6, 6.07) is 5.21. The summed E-state index contributed by atoms with van der Waals surface area (Å²) in [7, 11) is 0. The molecule has 0 saturated heterocycles. The van der Waals surface area contributed by atoms with E-state index < -0.39 is 0 Å². The second-order valence-corrected chi connectivity index (χ2v) is 3.76. The Bertz CT molecular complexity index is 286. The zero-order valence-electron chi connectivity index (χ0n) is 7.68. The Morgan fingerprint density at radius 1 is 1.38 bits per heavy atom. The van der Waals surface area contributed by atoms with Gasteiger partial charge in [-0.25, -0.2) is 0 Å². The minimum absolute atomic E-state index is 0.163. The van der Waals surface area contributed by atoms with Crippen molar-refractivity contribution in [2.45, 2.75) is 26.4 Å². The van der Waals surface area contributed by atoms with Crippen LogP contribution in [0.25, 0.3) is 0 Å². The summed E-state index contributed by atoms with van der Waals surface area (Å²) in [5, 5.41) is 1.24. The van der Waals surface area contributed by atoms with Crippen molar-refractivity contribution in [1.82, 2.24) is 0 Å². The predicted molar refractivity (Wildman–Crippen MR) is 56.8 cm³/mol. The Kier molecular flexibility index (Phi) is 3.89. The molecule has 0 aliphatic heterocycles. The summed E-state index contributed by atoms with van der Waals surface area (Å²) in [5.74, 6) is 0.656. The molecule has 0 aliphatic carbocycles. The van der Waals surface area contributed by atoms with Crippen LogP contribution in [0, 0.1) is 0 Å². The molecule has 0 heterocycles. The van der Waals surface area contributed by atoms with Crippen LogP contribution < -0.4 is 4.74 Å². The SMILES string of the molecule is CCC(C)Oc1cc(Cl)ccc1Cl. The summed E-state index contributed by atoms with van der Waals surface area (Å²) < 4.78 is 5.56. The maximum atomic E-state index is 5.91. The highest BCUT2D eigenvalue weighted by Crippen LogP contribution is 2.28. The lowest BCUT2D eigenvalue weighted by Crippen LogP contribution is -2.09. The standard InChI is InChI=1S/C10H12Cl2O/c1-3-7(2)13-10-6-8(11)4-5-9(10)12/h4-7H,3H2,1-2H3. The van der Waals surface area contributed by atoms with Crippen molar-refractivity contribution in [2.24, 2.45) is 0 Å². The van der Waals surface area contributed by atoms with Crippen LogP contribution in [0.3, 0.4) is 0 Å². The molecule has 3 heteroatoms. The van der Waals surface area contributed by atoms with E-state index in [0.29, 0.717) is 15.8 Å². The van der Waals surface area contributed by atoms with Gasteiger partial charge in [-0.2, -0.15) is 0 Å². The lowest BCUT2D eigenvalue weighted by atomic mass is 10.3. The Hall–Kier alpha value is -0.400. The van der Waals surface area contributed by atoms with Crippen molar-refractivity contribution >= 4 is 23.2 Å². The van der Waals surface area contributed by atoms with Gasteiger partial charge >= 0.3 is 0 Å². The highest BCUT2D eigenvalue weighted by molar-refractivity contribution is 6.34. The minimum Gasteiger partial charge on any atom is -0.489 e. The van der Waals surface area contributed by atoms with Crippen LogP contribution in [-0.4, -0.2) is 6.10 Å². The molecule has 0 N–H and O–H groups in total. The fourth-order valence-electron chi connectivity index (χ4n) is 0.868. The average molecular weight is 219 g/mol. The van der Waals surface area contributed by atoms with Gasteiger partial charge in [-0.1, -0.05) is 30.1 Å². The number of hydrogen-bond acceptors (Lipinski definition) is 1. The molecule has 1 aromatic rings. The second kappa shape index (κ2) is 4.73. The molecule has 0 amide bonds. The molecule has 13 heavy (non-hydrogen) atoms. The first-order valence-electron chi connectivity index (χ1n) is 4.25. The summed E-state index contributed by atoms with van der Waals surface area (Å²) in [5.41, 5.74) is 0. The Morgan fingerprint density at radius 3 is 2.69 bits per heavy atom. The van der Waals surface area contributed by atoms with E-state index in [-0.39, 0.29) is 6.10 Å². The fourth-order valence-corrected chi connectivity index (χ4v) is 1.19. The van der Waals surface area contributed by atoms with Gasteiger partial charge in [0.1, 0.15) is 5.75 Å². The third-order valence-corrected chi connectivity index (χ3v) is 2.34. The highest BCUT2D eigenvalue weighted by Gasteiger charge is 2.05. The monoisotopic (exact) mass is 218 g/mol. The van der Waals surface area contributed by atoms with Crippen molar-refractivity contribution in [3.05, 3.63) is 28.2 Å². The zero-order valence-corrected chi connectivity index (χ0v) is 9.19. The van der Waals surface area contributed by atoms with Crippen LogP contribution in [0.1, 0.15) is 20.3 Å². The highest BCUT2D eigenvalue weighted by atomic mass is 35.5. The lowest BCUT2D eigenvalue weighted by molar-refractivity contribution is 0.217. The van der Waals surface area contributed by atoms with Gasteiger partial charge in [-0.3, -0.25) is 0 Å². The van der Waals surface area contributed by atoms with Gasteiger partial charge in [-0.05, 0) is 25.5 Å². The smallest absolute Gasteiger partial charge is 0.139 e. The first-order valence-corrected chi connectivity index (χ1v) is 5.00. The first kappa shape index (κ1) is 10.7. The quantitative estimate of drug-likeness (QED) is 0.741. The Labute approximate surface area is 88.6 Å². The van der Waals surface area contributed by atoms with E-state index in [1.54, 1.807) is 18.2 Å². The third kappa shape index (κ3) is 3.09. The number of benzene rings is 1. The van der Waals surface area contributed by atoms with Crippen LogP contribution in [0.15, 0.2) is 18.2 Å². The van der Waals surface area contributed by atoms with Gasteiger partial charge in [0.25, 0.3) is 0 Å². The van der Waals surface area contributed by atoms with Crippen molar-refractivity contribution < 1.29 is 4.74 Å². The van der Waals surface area contributed by atoms with Crippen molar-refractivity contribution in [3.63, 3.8) is 0 Å². The lowest BCUT2D eigenvalue weighted by Gasteiger charge is -2.13. The second-order valence-electron chi connectivity index (χ2n) is 2.91. The topological polar surface area (TPSA) is 9.23 Å². The number of hydrogen-bond donors (Lipinski definition) is 0. The maximum Gasteiger partial charge on any atom is 0.139 e. The molecular weight excluding hydrogens is 207 g/mol. The summed E-state index contributed by atoms with van der Waals surface area (Å²) in [6.45, 7) is 4.06. The summed E-state index contributed by atoms with van der Waals surface area (Å²) in [6.07, 6.45) is 1.11. The summed E-state index contributed by atoms with van der Waals surface area (Å²) in [4.78, 5) is 0. The van der Waals surface area contributed by atoms with Gasteiger partial charge in [0.15, 0.2) is 0 Å². The zero-order chi connectivity index (χ0) is 9.84.